The molecule has 3 nitrogen and oxygen atoms in total. The highest BCUT2D eigenvalue weighted by molar-refractivity contribution is 4.89. The summed E-state index contributed by atoms with van der Waals surface area (Å²) in [5.41, 5.74) is -0.494. The standard InChI is InChI=1S/C10H18F2N2O/c1-14-5-2-3-10(4-6-14)13-7-9(11,12)8-15-10/h13H,2-8H2,1H3. The van der Waals surface area contributed by atoms with Gasteiger partial charge in [-0.05, 0) is 26.4 Å². The number of rotatable bonds is 0. The molecule has 2 aliphatic rings. The van der Waals surface area contributed by atoms with Crippen molar-refractivity contribution < 1.29 is 13.5 Å². The molecule has 5 heteroatoms. The first-order valence-corrected chi connectivity index (χ1v) is 5.47. The monoisotopic (exact) mass is 220 g/mol. The Morgan fingerprint density at radius 3 is 2.73 bits per heavy atom. The third kappa shape index (κ3) is 2.65. The first kappa shape index (κ1) is 11.2. The van der Waals surface area contributed by atoms with Crippen LogP contribution < -0.4 is 5.32 Å². The predicted molar refractivity (Wildman–Crippen MR) is 53.0 cm³/mol. The number of nitrogens with zero attached hydrogens (tertiary/aromatic N) is 1. The maximum absolute atomic E-state index is 12.9. The molecule has 0 aromatic heterocycles. The lowest BCUT2D eigenvalue weighted by molar-refractivity contribution is -0.197. The van der Waals surface area contributed by atoms with Crippen LogP contribution in [0.2, 0.25) is 0 Å². The first-order chi connectivity index (χ1) is 7.02. The molecule has 0 aromatic rings. The van der Waals surface area contributed by atoms with Crippen LogP contribution in [0.4, 0.5) is 8.78 Å². The number of likely N-dealkylation sites (tertiary alicyclic amines) is 1. The molecule has 2 saturated heterocycles. The van der Waals surface area contributed by atoms with E-state index in [4.69, 9.17) is 4.74 Å². The lowest BCUT2D eigenvalue weighted by Crippen LogP contribution is -2.59. The van der Waals surface area contributed by atoms with Gasteiger partial charge in [0.2, 0.25) is 0 Å². The lowest BCUT2D eigenvalue weighted by Gasteiger charge is -2.40. The topological polar surface area (TPSA) is 24.5 Å². The number of hydrogen-bond donors (Lipinski definition) is 1. The van der Waals surface area contributed by atoms with Gasteiger partial charge < -0.3 is 9.64 Å². The van der Waals surface area contributed by atoms with E-state index in [0.29, 0.717) is 0 Å². The van der Waals surface area contributed by atoms with E-state index >= 15 is 0 Å². The lowest BCUT2D eigenvalue weighted by atomic mass is 10.0. The highest BCUT2D eigenvalue weighted by atomic mass is 19.3. The summed E-state index contributed by atoms with van der Waals surface area (Å²) in [5.74, 6) is -2.70. The Kier molecular flexibility index (Phi) is 2.96. The molecular weight excluding hydrogens is 202 g/mol. The van der Waals surface area contributed by atoms with Gasteiger partial charge in [-0.1, -0.05) is 0 Å². The number of ether oxygens (including phenoxy) is 1. The molecule has 2 heterocycles. The number of alkyl halides is 2. The molecule has 2 fully saturated rings. The van der Waals surface area contributed by atoms with Crippen molar-refractivity contribution in [3.63, 3.8) is 0 Å². The van der Waals surface area contributed by atoms with Crippen molar-refractivity contribution >= 4 is 0 Å². The summed E-state index contributed by atoms with van der Waals surface area (Å²) in [6.45, 7) is 1.22. The third-order valence-corrected chi connectivity index (χ3v) is 3.25. The van der Waals surface area contributed by atoms with Crippen LogP contribution in [0, 0.1) is 0 Å². The fourth-order valence-electron chi connectivity index (χ4n) is 2.20. The summed E-state index contributed by atoms with van der Waals surface area (Å²) in [7, 11) is 2.05. The van der Waals surface area contributed by atoms with Crippen LogP contribution in [0.3, 0.4) is 0 Å². The van der Waals surface area contributed by atoms with Crippen molar-refractivity contribution in [3.8, 4) is 0 Å². The van der Waals surface area contributed by atoms with Crippen LogP contribution in [0.5, 0.6) is 0 Å². The van der Waals surface area contributed by atoms with E-state index < -0.39 is 18.3 Å². The summed E-state index contributed by atoms with van der Waals surface area (Å²) in [6, 6.07) is 0. The van der Waals surface area contributed by atoms with Crippen LogP contribution in [0.1, 0.15) is 19.3 Å². The van der Waals surface area contributed by atoms with Gasteiger partial charge in [-0.15, -0.1) is 0 Å². The van der Waals surface area contributed by atoms with Gasteiger partial charge in [0.05, 0.1) is 6.54 Å². The third-order valence-electron chi connectivity index (χ3n) is 3.25. The normalized spacial score (nSPS) is 37.8. The Hall–Kier alpha value is -0.260. The molecule has 0 saturated carbocycles. The molecule has 2 rings (SSSR count). The average molecular weight is 220 g/mol. The summed E-state index contributed by atoms with van der Waals surface area (Å²) < 4.78 is 31.2. The zero-order valence-corrected chi connectivity index (χ0v) is 9.06. The molecule has 0 bridgehead atoms. The number of halogens is 2. The van der Waals surface area contributed by atoms with Crippen molar-refractivity contribution in [1.82, 2.24) is 10.2 Å². The van der Waals surface area contributed by atoms with E-state index in [2.05, 4.69) is 17.3 Å². The van der Waals surface area contributed by atoms with Crippen LogP contribution in [-0.2, 0) is 4.74 Å². The Labute approximate surface area is 88.8 Å². The van der Waals surface area contributed by atoms with E-state index in [1.54, 1.807) is 0 Å². The zero-order chi connectivity index (χ0) is 10.9. The highest BCUT2D eigenvalue weighted by Crippen LogP contribution is 2.30. The molecule has 1 atom stereocenters. The van der Waals surface area contributed by atoms with Crippen LogP contribution in [0.25, 0.3) is 0 Å². The second-order valence-electron chi connectivity index (χ2n) is 4.65. The fraction of sp³-hybridized carbons (Fsp3) is 1.00. The van der Waals surface area contributed by atoms with Crippen molar-refractivity contribution in [2.24, 2.45) is 0 Å². The molecule has 88 valence electrons. The Bertz CT molecular complexity index is 225. The van der Waals surface area contributed by atoms with Gasteiger partial charge in [-0.2, -0.15) is 0 Å². The SMILES string of the molecule is CN1CCCC2(CC1)NCC(F)(F)CO2. The second-order valence-corrected chi connectivity index (χ2v) is 4.65. The first-order valence-electron chi connectivity index (χ1n) is 5.47. The van der Waals surface area contributed by atoms with Gasteiger partial charge in [0, 0.05) is 13.0 Å². The fourth-order valence-corrected chi connectivity index (χ4v) is 2.20. The Morgan fingerprint density at radius 1 is 1.27 bits per heavy atom. The molecule has 1 N–H and O–H groups in total. The predicted octanol–water partition coefficient (Wildman–Crippen LogP) is 1.05. The Morgan fingerprint density at radius 2 is 2.07 bits per heavy atom. The Balaban J connectivity index is 1.96. The quantitative estimate of drug-likeness (QED) is 0.660. The second kappa shape index (κ2) is 3.96. The van der Waals surface area contributed by atoms with Gasteiger partial charge in [0.1, 0.15) is 12.3 Å². The van der Waals surface area contributed by atoms with Crippen LogP contribution in [0.15, 0.2) is 0 Å². The van der Waals surface area contributed by atoms with Crippen molar-refractivity contribution in [2.75, 3.05) is 33.3 Å². The van der Waals surface area contributed by atoms with Gasteiger partial charge in [-0.25, -0.2) is 8.78 Å². The van der Waals surface area contributed by atoms with Gasteiger partial charge in [0.25, 0.3) is 5.92 Å². The summed E-state index contributed by atoms with van der Waals surface area (Å²) in [5, 5.41) is 2.89. The molecular formula is C10H18F2N2O. The van der Waals surface area contributed by atoms with E-state index in [1.165, 1.54) is 0 Å². The van der Waals surface area contributed by atoms with Crippen LogP contribution >= 0.6 is 0 Å². The van der Waals surface area contributed by atoms with Crippen molar-refractivity contribution in [2.45, 2.75) is 30.9 Å². The maximum atomic E-state index is 12.9. The molecule has 0 radical (unpaired) electrons. The smallest absolute Gasteiger partial charge is 0.283 e. The minimum absolute atomic E-state index is 0.253. The van der Waals surface area contributed by atoms with E-state index in [0.717, 1.165) is 32.4 Å². The van der Waals surface area contributed by atoms with E-state index in [1.807, 2.05) is 0 Å². The van der Waals surface area contributed by atoms with Crippen molar-refractivity contribution in [3.05, 3.63) is 0 Å². The van der Waals surface area contributed by atoms with Crippen LogP contribution in [-0.4, -0.2) is 49.8 Å². The minimum Gasteiger partial charge on any atom is -0.354 e. The molecule has 2 aliphatic heterocycles. The van der Waals surface area contributed by atoms with Crippen molar-refractivity contribution in [1.29, 1.82) is 0 Å². The largest absolute Gasteiger partial charge is 0.354 e. The summed E-state index contributed by atoms with van der Waals surface area (Å²) >= 11 is 0. The number of nitrogens with one attached hydrogen (secondary N) is 1. The average Bonchev–Trinajstić information content (AvgIpc) is 2.36. The summed E-state index contributed by atoms with van der Waals surface area (Å²) in [4.78, 5) is 2.21. The minimum atomic E-state index is -2.70. The van der Waals surface area contributed by atoms with E-state index in [9.17, 15) is 8.78 Å². The van der Waals surface area contributed by atoms with E-state index in [-0.39, 0.29) is 6.54 Å². The molecule has 1 unspecified atom stereocenters. The van der Waals surface area contributed by atoms with Gasteiger partial charge >= 0.3 is 0 Å². The molecule has 0 aliphatic carbocycles. The zero-order valence-electron chi connectivity index (χ0n) is 9.06. The highest BCUT2D eigenvalue weighted by Gasteiger charge is 2.44. The molecule has 15 heavy (non-hydrogen) atoms. The number of hydrogen-bond acceptors (Lipinski definition) is 3. The molecule has 0 aromatic carbocycles. The summed E-state index contributed by atoms with van der Waals surface area (Å²) in [6.07, 6.45) is 2.61. The maximum Gasteiger partial charge on any atom is 0.283 e. The van der Waals surface area contributed by atoms with Gasteiger partial charge in [-0.3, -0.25) is 5.32 Å². The molecule has 0 amide bonds. The molecule has 1 spiro atoms. The van der Waals surface area contributed by atoms with Gasteiger partial charge in [0.15, 0.2) is 0 Å².